The molecule has 0 saturated heterocycles. The SMILES string of the molecule is COc1cc(C(=O)O[C@@H](C)C(=O)c2cc(C)ccc2C)cc(OC)c1OC. The van der Waals surface area contributed by atoms with E-state index in [0.29, 0.717) is 22.8 Å². The number of rotatable bonds is 7. The van der Waals surface area contributed by atoms with Crippen LogP contribution in [0.2, 0.25) is 0 Å². The van der Waals surface area contributed by atoms with Crippen molar-refractivity contribution in [2.24, 2.45) is 0 Å². The van der Waals surface area contributed by atoms with E-state index < -0.39 is 12.1 Å². The molecule has 0 N–H and O–H groups in total. The second-order valence-corrected chi connectivity index (χ2v) is 6.14. The number of carbonyl (C=O) groups excluding carboxylic acids is 2. The van der Waals surface area contributed by atoms with Crippen LogP contribution in [0, 0.1) is 13.8 Å². The number of ketones is 1. The zero-order chi connectivity index (χ0) is 20.1. The van der Waals surface area contributed by atoms with Crippen molar-refractivity contribution in [3.63, 3.8) is 0 Å². The number of hydrogen-bond acceptors (Lipinski definition) is 6. The molecule has 0 bridgehead atoms. The maximum atomic E-state index is 12.7. The Morgan fingerprint density at radius 2 is 1.48 bits per heavy atom. The molecular weight excluding hydrogens is 348 g/mol. The van der Waals surface area contributed by atoms with Gasteiger partial charge in [-0.1, -0.05) is 17.7 Å². The van der Waals surface area contributed by atoms with E-state index in [2.05, 4.69) is 0 Å². The summed E-state index contributed by atoms with van der Waals surface area (Å²) in [6, 6.07) is 8.56. The van der Waals surface area contributed by atoms with Gasteiger partial charge in [-0.3, -0.25) is 4.79 Å². The van der Waals surface area contributed by atoms with Gasteiger partial charge in [0.2, 0.25) is 11.5 Å². The molecule has 144 valence electrons. The first-order chi connectivity index (χ1) is 12.8. The Morgan fingerprint density at radius 3 is 2.00 bits per heavy atom. The lowest BCUT2D eigenvalue weighted by Crippen LogP contribution is -2.25. The molecule has 2 aromatic carbocycles. The van der Waals surface area contributed by atoms with Crippen molar-refractivity contribution < 1.29 is 28.5 Å². The molecule has 27 heavy (non-hydrogen) atoms. The molecule has 0 aliphatic heterocycles. The molecule has 0 aliphatic rings. The van der Waals surface area contributed by atoms with Gasteiger partial charge in [0.15, 0.2) is 17.6 Å². The summed E-state index contributed by atoms with van der Waals surface area (Å²) in [6.45, 7) is 5.31. The quantitative estimate of drug-likeness (QED) is 0.544. The number of Topliss-reactive ketones (excluding diaryl/α,β-unsaturated/α-hetero) is 1. The monoisotopic (exact) mass is 372 g/mol. The van der Waals surface area contributed by atoms with Crippen LogP contribution in [0.5, 0.6) is 17.2 Å². The average molecular weight is 372 g/mol. The van der Waals surface area contributed by atoms with Crippen molar-refractivity contribution >= 4 is 11.8 Å². The van der Waals surface area contributed by atoms with E-state index in [4.69, 9.17) is 18.9 Å². The number of benzene rings is 2. The topological polar surface area (TPSA) is 71.1 Å². The molecule has 1 atom stereocenters. The minimum atomic E-state index is -0.933. The third-order valence-electron chi connectivity index (χ3n) is 4.21. The number of methoxy groups -OCH3 is 3. The summed E-state index contributed by atoms with van der Waals surface area (Å²) in [6.07, 6.45) is -0.933. The van der Waals surface area contributed by atoms with Crippen molar-refractivity contribution in [3.05, 3.63) is 52.6 Å². The Morgan fingerprint density at radius 1 is 0.889 bits per heavy atom. The first-order valence-electron chi connectivity index (χ1n) is 8.44. The molecule has 2 aromatic rings. The van der Waals surface area contributed by atoms with Gasteiger partial charge in [0.1, 0.15) is 0 Å². The van der Waals surface area contributed by atoms with Crippen LogP contribution in [0.15, 0.2) is 30.3 Å². The summed E-state index contributed by atoms with van der Waals surface area (Å²) in [5.41, 5.74) is 2.54. The third-order valence-corrected chi connectivity index (χ3v) is 4.21. The van der Waals surface area contributed by atoms with Crippen LogP contribution in [-0.2, 0) is 4.74 Å². The molecule has 0 amide bonds. The summed E-state index contributed by atoms with van der Waals surface area (Å²) < 4.78 is 21.1. The van der Waals surface area contributed by atoms with Crippen LogP contribution >= 0.6 is 0 Å². The van der Waals surface area contributed by atoms with Gasteiger partial charge in [-0.2, -0.15) is 0 Å². The number of hydrogen-bond donors (Lipinski definition) is 0. The van der Waals surface area contributed by atoms with Gasteiger partial charge in [0.05, 0.1) is 26.9 Å². The van der Waals surface area contributed by atoms with Crippen LogP contribution in [0.3, 0.4) is 0 Å². The Hall–Kier alpha value is -3.02. The lowest BCUT2D eigenvalue weighted by Gasteiger charge is -2.16. The molecule has 0 heterocycles. The van der Waals surface area contributed by atoms with Crippen LogP contribution < -0.4 is 14.2 Å². The molecule has 2 rings (SSSR count). The van der Waals surface area contributed by atoms with Crippen molar-refractivity contribution in [1.82, 2.24) is 0 Å². The molecule has 0 aliphatic carbocycles. The summed E-state index contributed by atoms with van der Waals surface area (Å²) in [5, 5.41) is 0. The number of ether oxygens (including phenoxy) is 4. The lowest BCUT2D eigenvalue weighted by atomic mass is 9.99. The highest BCUT2D eigenvalue weighted by molar-refractivity contribution is 6.02. The van der Waals surface area contributed by atoms with E-state index in [1.807, 2.05) is 26.0 Å². The van der Waals surface area contributed by atoms with Gasteiger partial charge in [-0.25, -0.2) is 4.79 Å². The van der Waals surface area contributed by atoms with Gasteiger partial charge < -0.3 is 18.9 Å². The highest BCUT2D eigenvalue weighted by Crippen LogP contribution is 2.38. The average Bonchev–Trinajstić information content (AvgIpc) is 2.67. The molecule has 0 radical (unpaired) electrons. The molecule has 6 nitrogen and oxygen atoms in total. The fourth-order valence-corrected chi connectivity index (χ4v) is 2.70. The second-order valence-electron chi connectivity index (χ2n) is 6.14. The Labute approximate surface area is 159 Å². The molecule has 0 unspecified atom stereocenters. The molecule has 0 saturated carbocycles. The highest BCUT2D eigenvalue weighted by Gasteiger charge is 2.24. The summed E-state index contributed by atoms with van der Waals surface area (Å²) in [4.78, 5) is 25.2. The Kier molecular flexibility index (Phi) is 6.45. The maximum Gasteiger partial charge on any atom is 0.339 e. The minimum absolute atomic E-state index is 0.199. The normalized spacial score (nSPS) is 11.5. The summed E-state index contributed by atoms with van der Waals surface area (Å²) >= 11 is 0. The summed E-state index contributed by atoms with van der Waals surface area (Å²) in [5.74, 6) is 0.128. The lowest BCUT2D eigenvalue weighted by molar-refractivity contribution is 0.0318. The van der Waals surface area contributed by atoms with E-state index in [1.54, 1.807) is 13.0 Å². The second kappa shape index (κ2) is 8.58. The van der Waals surface area contributed by atoms with Gasteiger partial charge >= 0.3 is 5.97 Å². The third kappa shape index (κ3) is 4.39. The number of aryl methyl sites for hydroxylation is 2. The van der Waals surface area contributed by atoms with Crippen molar-refractivity contribution in [2.45, 2.75) is 26.9 Å². The van der Waals surface area contributed by atoms with E-state index in [9.17, 15) is 9.59 Å². The van der Waals surface area contributed by atoms with E-state index in [-0.39, 0.29) is 11.3 Å². The standard InChI is InChI=1S/C21H24O6/c1-12-7-8-13(2)16(9-12)19(22)14(3)27-21(23)15-10-17(24-4)20(26-6)18(11-15)25-5/h7-11,14H,1-6H3/t14-/m0/s1. The molecular formula is C21H24O6. The summed E-state index contributed by atoms with van der Waals surface area (Å²) in [7, 11) is 4.39. The fourth-order valence-electron chi connectivity index (χ4n) is 2.70. The van der Waals surface area contributed by atoms with Gasteiger partial charge in [0.25, 0.3) is 0 Å². The zero-order valence-electron chi connectivity index (χ0n) is 16.4. The number of esters is 1. The first kappa shape index (κ1) is 20.3. The minimum Gasteiger partial charge on any atom is -0.493 e. The van der Waals surface area contributed by atoms with Crippen molar-refractivity contribution in [3.8, 4) is 17.2 Å². The predicted molar refractivity (Wildman–Crippen MR) is 101 cm³/mol. The van der Waals surface area contributed by atoms with Gasteiger partial charge in [-0.15, -0.1) is 0 Å². The van der Waals surface area contributed by atoms with Crippen LogP contribution in [0.1, 0.15) is 38.8 Å². The van der Waals surface area contributed by atoms with Crippen LogP contribution in [0.4, 0.5) is 0 Å². The molecule has 0 spiro atoms. The van der Waals surface area contributed by atoms with E-state index in [0.717, 1.165) is 11.1 Å². The zero-order valence-corrected chi connectivity index (χ0v) is 16.4. The maximum absolute atomic E-state index is 12.7. The molecule has 0 fully saturated rings. The predicted octanol–water partition coefficient (Wildman–Crippen LogP) is 3.76. The van der Waals surface area contributed by atoms with E-state index in [1.165, 1.54) is 33.5 Å². The fraction of sp³-hybridized carbons (Fsp3) is 0.333. The Bertz CT molecular complexity index is 831. The van der Waals surface area contributed by atoms with Crippen molar-refractivity contribution in [1.29, 1.82) is 0 Å². The smallest absolute Gasteiger partial charge is 0.339 e. The molecule has 0 aromatic heterocycles. The highest BCUT2D eigenvalue weighted by atomic mass is 16.5. The van der Waals surface area contributed by atoms with Gasteiger partial charge in [0, 0.05) is 5.56 Å². The molecule has 6 heteroatoms. The largest absolute Gasteiger partial charge is 0.493 e. The number of carbonyl (C=O) groups is 2. The van der Waals surface area contributed by atoms with Crippen LogP contribution in [-0.4, -0.2) is 39.2 Å². The van der Waals surface area contributed by atoms with Gasteiger partial charge in [-0.05, 0) is 44.5 Å². The Balaban J connectivity index is 2.26. The van der Waals surface area contributed by atoms with Crippen molar-refractivity contribution in [2.75, 3.05) is 21.3 Å². The van der Waals surface area contributed by atoms with E-state index >= 15 is 0 Å². The van der Waals surface area contributed by atoms with Crippen LogP contribution in [0.25, 0.3) is 0 Å². The first-order valence-corrected chi connectivity index (χ1v) is 8.44.